The van der Waals surface area contributed by atoms with Crippen molar-refractivity contribution in [1.82, 2.24) is 9.80 Å². The first-order chi connectivity index (χ1) is 12.3. The zero-order valence-corrected chi connectivity index (χ0v) is 16.0. The van der Waals surface area contributed by atoms with Gasteiger partial charge in [0.05, 0.1) is 6.10 Å². The Morgan fingerprint density at radius 3 is 2.54 bits per heavy atom. The summed E-state index contributed by atoms with van der Waals surface area (Å²) >= 11 is 0. The lowest BCUT2D eigenvalue weighted by molar-refractivity contribution is -0.0271. The maximum atomic E-state index is 13.3. The summed E-state index contributed by atoms with van der Waals surface area (Å²) in [7, 11) is 0. The molecule has 5 nitrogen and oxygen atoms in total. The highest BCUT2D eigenvalue weighted by Crippen LogP contribution is 2.57. The second-order valence-corrected chi connectivity index (χ2v) is 9.02. The first-order valence-electron chi connectivity index (χ1n) is 9.80. The van der Waals surface area contributed by atoms with E-state index in [1.165, 1.54) is 5.56 Å². The number of carbonyl (C=O) groups excluding carboxylic acids is 1. The van der Waals surface area contributed by atoms with Crippen LogP contribution in [0.1, 0.15) is 51.2 Å². The van der Waals surface area contributed by atoms with E-state index in [0.717, 1.165) is 18.5 Å². The van der Waals surface area contributed by atoms with Crippen LogP contribution in [-0.4, -0.2) is 57.8 Å². The third-order valence-corrected chi connectivity index (χ3v) is 7.61. The Balaban J connectivity index is 1.68. The Labute approximate surface area is 155 Å². The average molecular weight is 358 g/mol. The minimum atomic E-state index is -0.279. The van der Waals surface area contributed by atoms with Gasteiger partial charge >= 0.3 is 6.03 Å². The van der Waals surface area contributed by atoms with Crippen LogP contribution in [0.3, 0.4) is 0 Å². The molecule has 1 aliphatic carbocycles. The number of nitrogens with zero attached hydrogens (tertiary/aromatic N) is 2. The van der Waals surface area contributed by atoms with Gasteiger partial charge in [-0.15, -0.1) is 0 Å². The number of aromatic hydroxyl groups is 1. The summed E-state index contributed by atoms with van der Waals surface area (Å²) in [5, 5.41) is 20.2. The molecule has 0 saturated carbocycles. The second-order valence-electron chi connectivity index (χ2n) is 9.02. The molecule has 5 heteroatoms. The fourth-order valence-corrected chi connectivity index (χ4v) is 5.39. The van der Waals surface area contributed by atoms with Crippen molar-refractivity contribution >= 4 is 6.03 Å². The molecule has 2 heterocycles. The summed E-state index contributed by atoms with van der Waals surface area (Å²) in [6.45, 7) is 8.83. The maximum Gasteiger partial charge on any atom is 0.320 e. The lowest BCUT2D eigenvalue weighted by Crippen LogP contribution is -2.66. The van der Waals surface area contributed by atoms with Gasteiger partial charge in [-0.25, -0.2) is 4.79 Å². The van der Waals surface area contributed by atoms with Crippen LogP contribution >= 0.6 is 0 Å². The highest BCUT2D eigenvalue weighted by atomic mass is 16.3. The van der Waals surface area contributed by atoms with Crippen molar-refractivity contribution in [1.29, 1.82) is 0 Å². The smallest absolute Gasteiger partial charge is 0.320 e. The molecule has 142 valence electrons. The highest BCUT2D eigenvalue weighted by molar-refractivity contribution is 5.76. The molecule has 4 rings (SSSR count). The molecule has 0 unspecified atom stereocenters. The fourth-order valence-electron chi connectivity index (χ4n) is 5.39. The minimum absolute atomic E-state index is 0.0567. The summed E-state index contributed by atoms with van der Waals surface area (Å²) in [6.07, 6.45) is 2.64. The van der Waals surface area contributed by atoms with E-state index in [9.17, 15) is 15.0 Å². The topological polar surface area (TPSA) is 64.0 Å². The van der Waals surface area contributed by atoms with Crippen LogP contribution in [0.5, 0.6) is 5.75 Å². The normalized spacial score (nSPS) is 30.8. The number of hydrogen-bond donors (Lipinski definition) is 2. The number of aliphatic hydroxyl groups excluding tert-OH is 1. The molecule has 2 bridgehead atoms. The van der Waals surface area contributed by atoms with E-state index >= 15 is 0 Å². The monoisotopic (exact) mass is 358 g/mol. The number of rotatable bonds is 0. The number of fused-ring (bicyclic) bond motifs is 4. The van der Waals surface area contributed by atoms with Crippen LogP contribution < -0.4 is 0 Å². The summed E-state index contributed by atoms with van der Waals surface area (Å²) < 4.78 is 0. The second kappa shape index (κ2) is 5.88. The van der Waals surface area contributed by atoms with Crippen molar-refractivity contribution in [3.05, 3.63) is 29.3 Å². The van der Waals surface area contributed by atoms with Gasteiger partial charge in [-0.1, -0.05) is 32.9 Å². The number of amides is 2. The molecule has 1 aromatic rings. The number of phenols is 1. The van der Waals surface area contributed by atoms with Crippen LogP contribution in [0.25, 0.3) is 0 Å². The van der Waals surface area contributed by atoms with Gasteiger partial charge in [-0.2, -0.15) is 0 Å². The van der Waals surface area contributed by atoms with Gasteiger partial charge in [0.2, 0.25) is 0 Å². The van der Waals surface area contributed by atoms with Gasteiger partial charge in [-0.3, -0.25) is 0 Å². The molecule has 2 aliphatic heterocycles. The quantitative estimate of drug-likeness (QED) is 0.749. The fraction of sp³-hybridized carbons (Fsp3) is 0.667. The Bertz CT molecular complexity index is 724. The van der Waals surface area contributed by atoms with Gasteiger partial charge < -0.3 is 20.0 Å². The zero-order chi connectivity index (χ0) is 18.7. The van der Waals surface area contributed by atoms with E-state index < -0.39 is 0 Å². The van der Waals surface area contributed by atoms with Crippen molar-refractivity contribution in [3.8, 4) is 5.75 Å². The highest BCUT2D eigenvalue weighted by Gasteiger charge is 2.57. The lowest BCUT2D eigenvalue weighted by atomic mass is 9.51. The summed E-state index contributed by atoms with van der Waals surface area (Å²) in [5.41, 5.74) is 2.12. The van der Waals surface area contributed by atoms with Crippen molar-refractivity contribution in [3.63, 3.8) is 0 Å². The molecular formula is C21H30N2O3. The van der Waals surface area contributed by atoms with E-state index in [0.29, 0.717) is 38.1 Å². The van der Waals surface area contributed by atoms with Gasteiger partial charge in [-0.05, 0) is 48.3 Å². The number of likely N-dealkylation sites (tertiary alicyclic amines) is 2. The molecule has 0 radical (unpaired) electrons. The molecule has 2 fully saturated rings. The lowest BCUT2D eigenvalue weighted by Gasteiger charge is -2.61. The number of piperidine rings is 2. The maximum absolute atomic E-state index is 13.3. The van der Waals surface area contributed by atoms with Crippen molar-refractivity contribution in [2.75, 3.05) is 19.6 Å². The molecular weight excluding hydrogens is 328 g/mol. The van der Waals surface area contributed by atoms with Crippen LogP contribution in [0, 0.1) is 5.41 Å². The summed E-state index contributed by atoms with van der Waals surface area (Å²) in [4.78, 5) is 17.2. The van der Waals surface area contributed by atoms with E-state index in [-0.39, 0.29) is 29.0 Å². The number of phenolic OH excluding ortho intramolecular Hbond substituents is 1. The molecule has 3 aliphatic rings. The molecule has 2 atom stereocenters. The van der Waals surface area contributed by atoms with Gasteiger partial charge in [0.15, 0.2) is 0 Å². The first kappa shape index (κ1) is 17.7. The van der Waals surface area contributed by atoms with Gasteiger partial charge in [0.1, 0.15) is 5.75 Å². The largest absolute Gasteiger partial charge is 0.508 e. The minimum Gasteiger partial charge on any atom is -0.508 e. The SMILES string of the molecule is CC1(C)[C@H]2Cc3c(O)cccc3[C@]1(C)CCN2C(=O)N1CCC(O)CC1. The number of urea groups is 1. The zero-order valence-electron chi connectivity index (χ0n) is 16.0. The molecule has 2 N–H and O–H groups in total. The van der Waals surface area contributed by atoms with Crippen molar-refractivity contribution in [2.45, 2.75) is 64.0 Å². The third-order valence-electron chi connectivity index (χ3n) is 7.61. The first-order valence-corrected chi connectivity index (χ1v) is 9.80. The predicted molar refractivity (Wildman–Crippen MR) is 100 cm³/mol. The Kier molecular flexibility index (Phi) is 3.99. The predicted octanol–water partition coefficient (Wildman–Crippen LogP) is 2.88. The van der Waals surface area contributed by atoms with Gasteiger partial charge in [0, 0.05) is 31.1 Å². The summed E-state index contributed by atoms with van der Waals surface area (Å²) in [5.74, 6) is 0.351. The molecule has 1 aromatic carbocycles. The van der Waals surface area contributed by atoms with Crippen LogP contribution in [0.2, 0.25) is 0 Å². The van der Waals surface area contributed by atoms with Crippen LogP contribution in [-0.2, 0) is 11.8 Å². The molecule has 2 saturated heterocycles. The Hall–Kier alpha value is -1.75. The van der Waals surface area contributed by atoms with Crippen LogP contribution in [0.15, 0.2) is 18.2 Å². The molecule has 0 aromatic heterocycles. The number of carbonyl (C=O) groups is 1. The van der Waals surface area contributed by atoms with Crippen molar-refractivity contribution in [2.24, 2.45) is 5.41 Å². The average Bonchev–Trinajstić information content (AvgIpc) is 2.59. The number of hydrogen-bond acceptors (Lipinski definition) is 3. The van der Waals surface area contributed by atoms with E-state index in [2.05, 4.69) is 26.8 Å². The van der Waals surface area contributed by atoms with Crippen molar-refractivity contribution < 1.29 is 15.0 Å². The molecule has 2 amide bonds. The molecule has 26 heavy (non-hydrogen) atoms. The number of benzene rings is 1. The Morgan fingerprint density at radius 1 is 1.15 bits per heavy atom. The Morgan fingerprint density at radius 2 is 1.85 bits per heavy atom. The molecule has 0 spiro atoms. The third kappa shape index (κ3) is 2.36. The standard InChI is InChI=1S/C21H30N2O3/c1-20(2)18-13-15-16(5-4-6-17(15)25)21(20,3)9-12-23(18)19(26)22-10-7-14(24)8-11-22/h4-6,14,18,24-25H,7-13H2,1-3H3/t18-,21+/m1/s1. The van der Waals surface area contributed by atoms with E-state index in [1.807, 2.05) is 15.9 Å². The van der Waals surface area contributed by atoms with Crippen LogP contribution in [0.4, 0.5) is 4.79 Å². The number of aliphatic hydroxyl groups is 1. The summed E-state index contributed by atoms with van der Waals surface area (Å²) in [6, 6.07) is 6.01. The van der Waals surface area contributed by atoms with E-state index in [4.69, 9.17) is 0 Å². The van der Waals surface area contributed by atoms with E-state index in [1.54, 1.807) is 6.07 Å². The van der Waals surface area contributed by atoms with Gasteiger partial charge in [0.25, 0.3) is 0 Å².